The van der Waals surface area contributed by atoms with Gasteiger partial charge in [-0.3, -0.25) is 0 Å². The van der Waals surface area contributed by atoms with Crippen molar-refractivity contribution in [2.45, 2.75) is 239 Å². The fraction of sp³-hybridized carbons (Fsp3) is 1.00. The first-order valence-corrected chi connectivity index (χ1v) is 18.8. The van der Waals surface area contributed by atoms with Crippen LogP contribution in [0.25, 0.3) is 0 Å². The molecule has 0 N–H and O–H groups in total. The van der Waals surface area contributed by atoms with Crippen molar-refractivity contribution < 1.29 is 0 Å². The molecule has 0 bridgehead atoms. The molecule has 0 spiro atoms. The van der Waals surface area contributed by atoms with E-state index in [1.165, 1.54) is 218 Å². The van der Waals surface area contributed by atoms with Gasteiger partial charge in [-0.05, 0) is 5.92 Å². The minimum atomic E-state index is 1.04. The Morgan fingerprint density at radius 3 is 0.632 bits per heavy atom. The van der Waals surface area contributed by atoms with E-state index in [-0.39, 0.29) is 0 Å². The summed E-state index contributed by atoms with van der Waals surface area (Å²) in [6.45, 7) is 7.00. The molecule has 0 rings (SSSR count). The molecule has 230 valence electrons. The average Bonchev–Trinajstić information content (AvgIpc) is 2.93. The summed E-state index contributed by atoms with van der Waals surface area (Å²) in [5, 5.41) is 0. The van der Waals surface area contributed by atoms with Crippen LogP contribution in [-0.2, 0) is 0 Å². The summed E-state index contributed by atoms with van der Waals surface area (Å²) >= 11 is 0. The van der Waals surface area contributed by atoms with Gasteiger partial charge in [0.05, 0.1) is 0 Å². The standard InChI is InChI=1S/C38H78/c1-4-7-10-12-14-16-17-18-19-20-21-22-23-24-25-26-27-28-30-32-34-37-38(35-9-6-3)36-33-31-29-15-13-11-8-5-2/h38H,4-37H2,1-3H3. The molecule has 0 heterocycles. The summed E-state index contributed by atoms with van der Waals surface area (Å²) in [7, 11) is 0. The predicted molar refractivity (Wildman–Crippen MR) is 177 cm³/mol. The summed E-state index contributed by atoms with van der Waals surface area (Å²) in [5.41, 5.74) is 0. The van der Waals surface area contributed by atoms with E-state index < -0.39 is 0 Å². The quantitative estimate of drug-likeness (QED) is 0.0720. The van der Waals surface area contributed by atoms with Crippen LogP contribution in [0, 0.1) is 5.92 Å². The van der Waals surface area contributed by atoms with Crippen molar-refractivity contribution in [1.82, 2.24) is 0 Å². The average molecular weight is 535 g/mol. The van der Waals surface area contributed by atoms with Crippen LogP contribution in [0.3, 0.4) is 0 Å². The maximum absolute atomic E-state index is 2.37. The van der Waals surface area contributed by atoms with Crippen molar-refractivity contribution in [3.63, 3.8) is 0 Å². The Hall–Kier alpha value is 0. The van der Waals surface area contributed by atoms with Gasteiger partial charge in [-0.25, -0.2) is 0 Å². The molecule has 0 fully saturated rings. The molecule has 0 aliphatic heterocycles. The molecule has 0 saturated carbocycles. The first kappa shape index (κ1) is 38.0. The minimum Gasteiger partial charge on any atom is -0.0654 e. The maximum Gasteiger partial charge on any atom is -0.0414 e. The third-order valence-corrected chi connectivity index (χ3v) is 9.15. The fourth-order valence-corrected chi connectivity index (χ4v) is 6.36. The molecule has 0 aromatic rings. The van der Waals surface area contributed by atoms with E-state index in [9.17, 15) is 0 Å². The number of hydrogen-bond acceptors (Lipinski definition) is 0. The Morgan fingerprint density at radius 2 is 0.395 bits per heavy atom. The van der Waals surface area contributed by atoms with E-state index in [4.69, 9.17) is 0 Å². The summed E-state index contributed by atoms with van der Waals surface area (Å²) in [6, 6.07) is 0. The first-order valence-electron chi connectivity index (χ1n) is 18.8. The minimum absolute atomic E-state index is 1.04. The lowest BCUT2D eigenvalue weighted by atomic mass is 9.90. The molecule has 0 amide bonds. The monoisotopic (exact) mass is 535 g/mol. The van der Waals surface area contributed by atoms with Crippen LogP contribution in [0.5, 0.6) is 0 Å². The third kappa shape index (κ3) is 32.2. The summed E-state index contributed by atoms with van der Waals surface area (Å²) in [4.78, 5) is 0. The molecule has 0 aromatic heterocycles. The predicted octanol–water partition coefficient (Wildman–Crippen LogP) is 14.9. The highest BCUT2D eigenvalue weighted by atomic mass is 14.1. The second-order valence-electron chi connectivity index (χ2n) is 13.1. The molecule has 0 heteroatoms. The molecule has 38 heavy (non-hydrogen) atoms. The van der Waals surface area contributed by atoms with Crippen LogP contribution < -0.4 is 0 Å². The van der Waals surface area contributed by atoms with Crippen LogP contribution >= 0.6 is 0 Å². The lowest BCUT2D eigenvalue weighted by Gasteiger charge is -2.16. The zero-order chi connectivity index (χ0) is 27.6. The van der Waals surface area contributed by atoms with Crippen molar-refractivity contribution in [2.75, 3.05) is 0 Å². The van der Waals surface area contributed by atoms with E-state index >= 15 is 0 Å². The van der Waals surface area contributed by atoms with Crippen molar-refractivity contribution in [3.05, 3.63) is 0 Å². The number of hydrogen-bond donors (Lipinski definition) is 0. The van der Waals surface area contributed by atoms with Gasteiger partial charge in [0.25, 0.3) is 0 Å². The SMILES string of the molecule is CCCCCCCCCCCCCCCCCCCCCCCC(CCCC)CCCCCCCCCC. The Balaban J connectivity index is 3.36. The molecular formula is C38H78. The third-order valence-electron chi connectivity index (χ3n) is 9.15. The maximum atomic E-state index is 2.37. The van der Waals surface area contributed by atoms with Crippen molar-refractivity contribution >= 4 is 0 Å². The highest BCUT2D eigenvalue weighted by molar-refractivity contribution is 4.61. The van der Waals surface area contributed by atoms with Gasteiger partial charge in [0.2, 0.25) is 0 Å². The van der Waals surface area contributed by atoms with Gasteiger partial charge in [0.1, 0.15) is 0 Å². The summed E-state index contributed by atoms with van der Waals surface area (Å²) in [6.07, 6.45) is 50.3. The normalized spacial score (nSPS) is 12.4. The Kier molecular flexibility index (Phi) is 35.0. The van der Waals surface area contributed by atoms with Gasteiger partial charge in [0, 0.05) is 0 Å². The van der Waals surface area contributed by atoms with E-state index in [0.29, 0.717) is 0 Å². The molecule has 0 saturated heterocycles. The smallest absolute Gasteiger partial charge is 0.0414 e. The van der Waals surface area contributed by atoms with E-state index in [2.05, 4.69) is 20.8 Å². The van der Waals surface area contributed by atoms with Crippen molar-refractivity contribution in [3.8, 4) is 0 Å². The van der Waals surface area contributed by atoms with E-state index in [1.807, 2.05) is 0 Å². The van der Waals surface area contributed by atoms with Gasteiger partial charge in [-0.2, -0.15) is 0 Å². The van der Waals surface area contributed by atoms with Crippen LogP contribution in [0.2, 0.25) is 0 Å². The first-order chi connectivity index (χ1) is 18.8. The molecule has 0 nitrogen and oxygen atoms in total. The fourth-order valence-electron chi connectivity index (χ4n) is 6.36. The van der Waals surface area contributed by atoms with Gasteiger partial charge in [-0.1, -0.05) is 239 Å². The zero-order valence-electron chi connectivity index (χ0n) is 27.6. The van der Waals surface area contributed by atoms with Crippen LogP contribution in [-0.4, -0.2) is 0 Å². The van der Waals surface area contributed by atoms with E-state index in [0.717, 1.165) is 5.92 Å². The lowest BCUT2D eigenvalue weighted by Crippen LogP contribution is -2.01. The molecule has 0 aromatic carbocycles. The highest BCUT2D eigenvalue weighted by Crippen LogP contribution is 2.24. The van der Waals surface area contributed by atoms with Crippen molar-refractivity contribution in [1.29, 1.82) is 0 Å². The van der Waals surface area contributed by atoms with Gasteiger partial charge < -0.3 is 0 Å². The van der Waals surface area contributed by atoms with Crippen LogP contribution in [0.4, 0.5) is 0 Å². The second-order valence-corrected chi connectivity index (χ2v) is 13.1. The van der Waals surface area contributed by atoms with Crippen LogP contribution in [0.15, 0.2) is 0 Å². The van der Waals surface area contributed by atoms with E-state index in [1.54, 1.807) is 0 Å². The molecule has 0 aliphatic rings. The lowest BCUT2D eigenvalue weighted by molar-refractivity contribution is 0.370. The summed E-state index contributed by atoms with van der Waals surface area (Å²) < 4.78 is 0. The Morgan fingerprint density at radius 1 is 0.211 bits per heavy atom. The molecule has 1 unspecified atom stereocenters. The summed E-state index contributed by atoms with van der Waals surface area (Å²) in [5.74, 6) is 1.04. The Bertz CT molecular complexity index is 385. The molecule has 0 aliphatic carbocycles. The largest absolute Gasteiger partial charge is 0.0654 e. The second kappa shape index (κ2) is 35.0. The van der Waals surface area contributed by atoms with Crippen molar-refractivity contribution in [2.24, 2.45) is 5.92 Å². The molecular weight excluding hydrogens is 456 g/mol. The van der Waals surface area contributed by atoms with Gasteiger partial charge >= 0.3 is 0 Å². The van der Waals surface area contributed by atoms with Gasteiger partial charge in [0.15, 0.2) is 0 Å². The highest BCUT2D eigenvalue weighted by Gasteiger charge is 2.08. The van der Waals surface area contributed by atoms with Crippen LogP contribution in [0.1, 0.15) is 239 Å². The Labute approximate surface area is 244 Å². The number of unbranched alkanes of at least 4 members (excludes halogenated alkanes) is 28. The molecule has 1 atom stereocenters. The topological polar surface area (TPSA) is 0 Å². The zero-order valence-corrected chi connectivity index (χ0v) is 27.6. The molecule has 0 radical (unpaired) electrons. The number of rotatable bonds is 34. The van der Waals surface area contributed by atoms with Gasteiger partial charge in [-0.15, -0.1) is 0 Å².